The van der Waals surface area contributed by atoms with E-state index < -0.39 is 5.97 Å². The molecule has 114 valence electrons. The number of ether oxygens (including phenoxy) is 1. The van der Waals surface area contributed by atoms with Crippen LogP contribution in [0.25, 0.3) is 11.0 Å². The van der Waals surface area contributed by atoms with E-state index >= 15 is 0 Å². The summed E-state index contributed by atoms with van der Waals surface area (Å²) in [6.07, 6.45) is 0. The van der Waals surface area contributed by atoms with E-state index in [9.17, 15) is 4.79 Å². The molecule has 22 heavy (non-hydrogen) atoms. The van der Waals surface area contributed by atoms with Crippen LogP contribution >= 0.6 is 23.1 Å². The molecule has 3 aromatic rings. The number of thioether (sulfide) groups is 1. The number of hydrogen-bond donors (Lipinski definition) is 0. The van der Waals surface area contributed by atoms with Gasteiger partial charge in [-0.15, -0.1) is 10.2 Å². The van der Waals surface area contributed by atoms with Crippen molar-refractivity contribution in [2.24, 2.45) is 0 Å². The molecule has 0 aliphatic carbocycles. The second kappa shape index (κ2) is 6.50. The largest absolute Gasteiger partial charge is 0.460 e. The molecule has 7 heteroatoms. The summed E-state index contributed by atoms with van der Waals surface area (Å²) >= 11 is 3.07. The number of para-hydroxylation sites is 1. The predicted octanol–water partition coefficient (Wildman–Crippen LogP) is 4.06. The van der Waals surface area contributed by atoms with Gasteiger partial charge in [-0.2, -0.15) is 0 Å². The van der Waals surface area contributed by atoms with Gasteiger partial charge in [-0.3, -0.25) is 0 Å². The minimum absolute atomic E-state index is 0.275. The second-order valence-corrected chi connectivity index (χ2v) is 6.91. The topological polar surface area (TPSA) is 65.2 Å². The number of fused-ring (bicyclic) bond motifs is 1. The number of carbonyl (C=O) groups is 1. The second-order valence-electron chi connectivity index (χ2n) is 4.50. The van der Waals surface area contributed by atoms with E-state index in [2.05, 4.69) is 10.2 Å². The van der Waals surface area contributed by atoms with Gasteiger partial charge in [-0.05, 0) is 19.9 Å². The Labute approximate surface area is 135 Å². The van der Waals surface area contributed by atoms with Gasteiger partial charge in [-0.1, -0.05) is 41.3 Å². The number of carbonyl (C=O) groups excluding carboxylic acids is 1. The lowest BCUT2D eigenvalue weighted by molar-refractivity contribution is 0.0491. The molecule has 0 unspecified atom stereocenters. The maximum absolute atomic E-state index is 12.1. The molecular formula is C15H14N2O3S2. The Morgan fingerprint density at radius 3 is 2.91 bits per heavy atom. The molecular weight excluding hydrogens is 320 g/mol. The highest BCUT2D eigenvalue weighted by Gasteiger charge is 2.21. The quantitative estimate of drug-likeness (QED) is 0.518. The Morgan fingerprint density at radius 1 is 1.36 bits per heavy atom. The Kier molecular flexibility index (Phi) is 4.44. The van der Waals surface area contributed by atoms with E-state index in [0.717, 1.165) is 20.3 Å². The van der Waals surface area contributed by atoms with Gasteiger partial charge in [0.25, 0.3) is 0 Å². The van der Waals surface area contributed by atoms with E-state index in [4.69, 9.17) is 9.15 Å². The molecule has 0 spiro atoms. The van der Waals surface area contributed by atoms with Gasteiger partial charge in [0.1, 0.15) is 10.6 Å². The molecule has 0 amide bonds. The van der Waals surface area contributed by atoms with Crippen LogP contribution in [0.1, 0.15) is 28.0 Å². The first kappa shape index (κ1) is 15.1. The Hall–Kier alpha value is -1.86. The molecule has 0 radical (unpaired) electrons. The van der Waals surface area contributed by atoms with Crippen molar-refractivity contribution < 1.29 is 13.9 Å². The third kappa shape index (κ3) is 3.00. The summed E-state index contributed by atoms with van der Waals surface area (Å²) in [5, 5.41) is 9.94. The third-order valence-electron chi connectivity index (χ3n) is 3.01. The molecule has 5 nitrogen and oxygen atoms in total. The summed E-state index contributed by atoms with van der Waals surface area (Å²) in [4.78, 5) is 12.1. The lowest BCUT2D eigenvalue weighted by Gasteiger charge is -2.01. The van der Waals surface area contributed by atoms with Crippen molar-refractivity contribution in [2.45, 2.75) is 23.9 Å². The number of hydrogen-bond acceptors (Lipinski definition) is 7. The summed E-state index contributed by atoms with van der Waals surface area (Å²) in [5.74, 6) is 0.430. The Bertz CT molecular complexity index is 810. The van der Waals surface area contributed by atoms with E-state index in [1.165, 1.54) is 11.3 Å². The van der Waals surface area contributed by atoms with Gasteiger partial charge < -0.3 is 9.15 Å². The Balaban J connectivity index is 1.94. The monoisotopic (exact) mass is 334 g/mol. The van der Waals surface area contributed by atoms with Gasteiger partial charge in [0, 0.05) is 16.7 Å². The van der Waals surface area contributed by atoms with Crippen molar-refractivity contribution >= 4 is 40.0 Å². The van der Waals surface area contributed by atoms with E-state index in [-0.39, 0.29) is 5.76 Å². The van der Waals surface area contributed by atoms with Crippen molar-refractivity contribution in [3.8, 4) is 0 Å². The van der Waals surface area contributed by atoms with E-state index in [1.807, 2.05) is 31.2 Å². The number of aromatic nitrogens is 2. The molecule has 3 rings (SSSR count). The summed E-state index contributed by atoms with van der Waals surface area (Å²) in [6.45, 7) is 4.01. The minimum Gasteiger partial charge on any atom is -0.460 e. The van der Waals surface area contributed by atoms with Crippen molar-refractivity contribution in [3.05, 3.63) is 40.6 Å². The van der Waals surface area contributed by atoms with Gasteiger partial charge in [0.05, 0.1) is 6.61 Å². The van der Waals surface area contributed by atoms with Crippen LogP contribution in [0.2, 0.25) is 0 Å². The van der Waals surface area contributed by atoms with Crippen LogP contribution in [-0.4, -0.2) is 22.8 Å². The summed E-state index contributed by atoms with van der Waals surface area (Å²) in [5.41, 5.74) is 1.53. The maximum atomic E-state index is 12.1. The zero-order valence-corrected chi connectivity index (χ0v) is 13.8. The average molecular weight is 334 g/mol. The highest BCUT2D eigenvalue weighted by molar-refractivity contribution is 8.00. The summed E-state index contributed by atoms with van der Waals surface area (Å²) < 4.78 is 11.6. The van der Waals surface area contributed by atoms with Crippen LogP contribution < -0.4 is 0 Å². The molecule has 0 saturated heterocycles. The molecule has 0 aliphatic rings. The number of benzene rings is 1. The van der Waals surface area contributed by atoms with Crippen LogP contribution in [0.4, 0.5) is 0 Å². The average Bonchev–Trinajstić information content (AvgIpc) is 3.09. The van der Waals surface area contributed by atoms with Gasteiger partial charge in [0.15, 0.2) is 4.34 Å². The highest BCUT2D eigenvalue weighted by Crippen LogP contribution is 2.33. The first-order valence-electron chi connectivity index (χ1n) is 6.79. The summed E-state index contributed by atoms with van der Waals surface area (Å²) in [6, 6.07) is 7.60. The smallest absolute Gasteiger partial charge is 0.374 e. The minimum atomic E-state index is -0.428. The number of esters is 1. The fourth-order valence-electron chi connectivity index (χ4n) is 2.07. The number of furan rings is 1. The Morgan fingerprint density at radius 2 is 2.18 bits per heavy atom. The number of aryl methyl sites for hydroxylation is 1. The molecule has 0 saturated carbocycles. The molecule has 1 aromatic carbocycles. The number of rotatable bonds is 5. The fourth-order valence-corrected chi connectivity index (χ4v) is 3.92. The van der Waals surface area contributed by atoms with Gasteiger partial charge in [0.2, 0.25) is 5.76 Å². The van der Waals surface area contributed by atoms with Crippen LogP contribution in [0.15, 0.2) is 33.0 Å². The molecule has 0 bridgehead atoms. The zero-order chi connectivity index (χ0) is 15.5. The van der Waals surface area contributed by atoms with Crippen LogP contribution in [0.3, 0.4) is 0 Å². The first-order chi connectivity index (χ1) is 10.7. The molecule has 2 heterocycles. The lowest BCUT2D eigenvalue weighted by atomic mass is 10.1. The molecule has 0 fully saturated rings. The number of nitrogens with zero attached hydrogens (tertiary/aromatic N) is 2. The normalized spacial score (nSPS) is 11.0. The molecule has 0 aliphatic heterocycles. The van der Waals surface area contributed by atoms with E-state index in [0.29, 0.717) is 17.9 Å². The van der Waals surface area contributed by atoms with Crippen molar-refractivity contribution in [1.29, 1.82) is 0 Å². The zero-order valence-electron chi connectivity index (χ0n) is 12.2. The molecule has 2 aromatic heterocycles. The predicted molar refractivity (Wildman–Crippen MR) is 86.4 cm³/mol. The third-order valence-corrected chi connectivity index (χ3v) is 5.01. The van der Waals surface area contributed by atoms with Crippen LogP contribution in [0, 0.1) is 6.92 Å². The van der Waals surface area contributed by atoms with E-state index in [1.54, 1.807) is 18.7 Å². The fraction of sp³-hybridized carbons (Fsp3) is 0.267. The highest BCUT2D eigenvalue weighted by atomic mass is 32.2. The van der Waals surface area contributed by atoms with Crippen molar-refractivity contribution in [2.75, 3.05) is 6.61 Å². The molecule has 0 atom stereocenters. The molecule has 0 N–H and O–H groups in total. The van der Waals surface area contributed by atoms with Crippen molar-refractivity contribution in [1.82, 2.24) is 10.2 Å². The standard InChI is InChI=1S/C15H14N2O3S2/c1-3-19-14(18)13-11(8-21-15-17-16-9(2)22-15)10-6-4-5-7-12(10)20-13/h4-7H,3,8H2,1-2H3. The summed E-state index contributed by atoms with van der Waals surface area (Å²) in [7, 11) is 0. The van der Waals surface area contributed by atoms with Gasteiger partial charge in [-0.25, -0.2) is 4.79 Å². The van der Waals surface area contributed by atoms with Crippen LogP contribution in [-0.2, 0) is 10.5 Å². The maximum Gasteiger partial charge on any atom is 0.374 e. The SMILES string of the molecule is CCOC(=O)c1oc2ccccc2c1CSc1nnc(C)s1. The lowest BCUT2D eigenvalue weighted by Crippen LogP contribution is -2.05. The van der Waals surface area contributed by atoms with Crippen LogP contribution in [0.5, 0.6) is 0 Å². The first-order valence-corrected chi connectivity index (χ1v) is 8.59. The van der Waals surface area contributed by atoms with Gasteiger partial charge >= 0.3 is 5.97 Å². The van der Waals surface area contributed by atoms with Crippen molar-refractivity contribution in [3.63, 3.8) is 0 Å².